The Bertz CT molecular complexity index is 472. The van der Waals surface area contributed by atoms with Gasteiger partial charge in [-0.2, -0.15) is 10.5 Å². The molecule has 0 aliphatic rings. The average Bonchev–Trinajstić information content (AvgIpc) is 2.63. The molecule has 0 spiro atoms. The highest BCUT2D eigenvalue weighted by Gasteiger charge is 2.31. The second kappa shape index (κ2) is 15.1. The van der Waals surface area contributed by atoms with Gasteiger partial charge in [-0.3, -0.25) is 9.59 Å². The number of hydrogen-bond acceptors (Lipinski definition) is 6. The predicted molar refractivity (Wildman–Crippen MR) is 95.2 cm³/mol. The van der Waals surface area contributed by atoms with E-state index in [4.69, 9.17) is 16.3 Å². The fourth-order valence-corrected chi connectivity index (χ4v) is 2.53. The van der Waals surface area contributed by atoms with E-state index in [0.717, 1.165) is 38.5 Å². The highest BCUT2D eigenvalue weighted by Crippen LogP contribution is 2.10. The van der Waals surface area contributed by atoms with Crippen LogP contribution in [0.25, 0.3) is 0 Å². The molecule has 0 heterocycles. The van der Waals surface area contributed by atoms with Gasteiger partial charge in [0.1, 0.15) is 0 Å². The first kappa shape index (κ1) is 23.8. The normalized spacial score (nSPS) is 12.6. The Morgan fingerprint density at radius 3 is 1.62 bits per heavy atom. The lowest BCUT2D eigenvalue weighted by molar-refractivity contribution is -0.152. The summed E-state index contributed by atoms with van der Waals surface area (Å²) < 4.78 is 0. The van der Waals surface area contributed by atoms with Gasteiger partial charge < -0.3 is 20.8 Å². The minimum absolute atomic E-state index is 0.409. The molecule has 2 atom stereocenters. The number of aliphatic hydroxyl groups is 2. The minimum atomic E-state index is -1.92. The van der Waals surface area contributed by atoms with Crippen LogP contribution in [0.2, 0.25) is 0 Å². The zero-order valence-corrected chi connectivity index (χ0v) is 15.3. The fraction of sp³-hybridized carbons (Fsp3) is 0.778. The van der Waals surface area contributed by atoms with Gasteiger partial charge in [-0.1, -0.05) is 25.7 Å². The van der Waals surface area contributed by atoms with Crippen LogP contribution >= 0.6 is 0 Å². The van der Waals surface area contributed by atoms with Crippen molar-refractivity contribution in [2.24, 2.45) is 5.73 Å². The van der Waals surface area contributed by atoms with Crippen LogP contribution < -0.4 is 5.73 Å². The zero-order chi connectivity index (χ0) is 19.8. The van der Waals surface area contributed by atoms with Crippen molar-refractivity contribution < 1.29 is 19.8 Å². The van der Waals surface area contributed by atoms with E-state index in [9.17, 15) is 19.8 Å². The lowest BCUT2D eigenvalue weighted by Crippen LogP contribution is -2.50. The monoisotopic (exact) mass is 366 g/mol. The van der Waals surface area contributed by atoms with Crippen LogP contribution in [0.5, 0.6) is 0 Å². The molecule has 0 aliphatic carbocycles. The molecule has 0 aromatic heterocycles. The second-order valence-corrected chi connectivity index (χ2v) is 6.26. The van der Waals surface area contributed by atoms with E-state index < -0.39 is 24.0 Å². The number of nitriles is 2. The Morgan fingerprint density at radius 2 is 1.23 bits per heavy atom. The molecular weight excluding hydrogens is 336 g/mol. The van der Waals surface area contributed by atoms with Crippen LogP contribution in [0.3, 0.4) is 0 Å². The first-order chi connectivity index (χ1) is 12.5. The lowest BCUT2D eigenvalue weighted by atomic mass is 10.1. The molecule has 0 aliphatic heterocycles. The molecule has 0 radical (unpaired) electrons. The SMILES string of the molecule is N#CCCCCCCN(CCCCCCC#N)C(=O)C(O)C(O)C(N)=O. The maximum Gasteiger partial charge on any atom is 0.254 e. The highest BCUT2D eigenvalue weighted by molar-refractivity contribution is 5.89. The topological polar surface area (TPSA) is 151 Å². The van der Waals surface area contributed by atoms with E-state index in [1.807, 2.05) is 0 Å². The Morgan fingerprint density at radius 1 is 0.808 bits per heavy atom. The maximum absolute atomic E-state index is 12.3. The minimum Gasteiger partial charge on any atom is -0.380 e. The van der Waals surface area contributed by atoms with E-state index >= 15 is 0 Å². The molecule has 0 saturated heterocycles. The molecule has 2 unspecified atom stereocenters. The number of aliphatic hydroxyl groups excluding tert-OH is 2. The Balaban J connectivity index is 4.47. The first-order valence-corrected chi connectivity index (χ1v) is 9.13. The van der Waals surface area contributed by atoms with E-state index in [1.54, 1.807) is 0 Å². The van der Waals surface area contributed by atoms with Gasteiger partial charge in [-0.05, 0) is 25.7 Å². The number of amides is 2. The van der Waals surface area contributed by atoms with Crippen molar-refractivity contribution in [3.63, 3.8) is 0 Å². The molecule has 8 nitrogen and oxygen atoms in total. The summed E-state index contributed by atoms with van der Waals surface area (Å²) in [6.07, 6.45) is 3.76. The predicted octanol–water partition coefficient (Wildman–Crippen LogP) is 0.970. The Hall–Kier alpha value is -2.16. The number of carbonyl (C=O) groups is 2. The Labute approximate surface area is 155 Å². The molecular formula is C18H30N4O4. The summed E-state index contributed by atoms with van der Waals surface area (Å²) >= 11 is 0. The van der Waals surface area contributed by atoms with Gasteiger partial charge in [0.2, 0.25) is 5.91 Å². The summed E-state index contributed by atoms with van der Waals surface area (Å²) in [5.74, 6) is -1.84. The van der Waals surface area contributed by atoms with Gasteiger partial charge in [-0.25, -0.2) is 0 Å². The third-order valence-corrected chi connectivity index (χ3v) is 4.09. The standard InChI is InChI=1S/C18H30N4O4/c19-11-7-3-1-5-9-13-22(14-10-6-2-4-8-12-20)18(26)16(24)15(23)17(21)25/h15-16,23-24H,1-10,13-14H2,(H2,21,25). The maximum atomic E-state index is 12.3. The van der Waals surface area contributed by atoms with Crippen molar-refractivity contribution in [1.29, 1.82) is 10.5 Å². The molecule has 0 aromatic rings. The van der Waals surface area contributed by atoms with Gasteiger partial charge in [0.25, 0.3) is 5.91 Å². The van der Waals surface area contributed by atoms with Gasteiger partial charge in [0, 0.05) is 25.9 Å². The summed E-state index contributed by atoms with van der Waals surface area (Å²) in [5, 5.41) is 36.4. The van der Waals surface area contributed by atoms with Crippen LogP contribution in [0, 0.1) is 22.7 Å². The number of unbranched alkanes of at least 4 members (excludes halogenated alkanes) is 8. The summed E-state index contributed by atoms with van der Waals surface area (Å²) in [6, 6.07) is 4.17. The highest BCUT2D eigenvalue weighted by atomic mass is 16.3. The lowest BCUT2D eigenvalue weighted by Gasteiger charge is -2.26. The number of nitrogens with two attached hydrogens (primary N) is 1. The van der Waals surface area contributed by atoms with Crippen molar-refractivity contribution in [2.45, 2.75) is 76.4 Å². The van der Waals surface area contributed by atoms with Crippen molar-refractivity contribution in [2.75, 3.05) is 13.1 Å². The zero-order valence-electron chi connectivity index (χ0n) is 15.3. The van der Waals surface area contributed by atoms with Crippen LogP contribution in [-0.2, 0) is 9.59 Å². The molecule has 4 N–H and O–H groups in total. The van der Waals surface area contributed by atoms with Crippen molar-refractivity contribution in [3.05, 3.63) is 0 Å². The molecule has 2 amide bonds. The van der Waals surface area contributed by atoms with Crippen LogP contribution in [-0.4, -0.2) is 52.2 Å². The average molecular weight is 366 g/mol. The number of rotatable bonds is 15. The molecule has 0 rings (SSSR count). The largest absolute Gasteiger partial charge is 0.380 e. The molecule has 26 heavy (non-hydrogen) atoms. The smallest absolute Gasteiger partial charge is 0.254 e. The van der Waals surface area contributed by atoms with Gasteiger partial charge in [0.05, 0.1) is 12.1 Å². The summed E-state index contributed by atoms with van der Waals surface area (Å²) in [6.45, 7) is 0.818. The van der Waals surface area contributed by atoms with Crippen LogP contribution in [0.1, 0.15) is 64.2 Å². The summed E-state index contributed by atoms with van der Waals surface area (Å²) in [4.78, 5) is 24.8. The molecule has 146 valence electrons. The molecule has 0 bridgehead atoms. The van der Waals surface area contributed by atoms with Gasteiger partial charge >= 0.3 is 0 Å². The van der Waals surface area contributed by atoms with Crippen molar-refractivity contribution in [3.8, 4) is 12.1 Å². The van der Waals surface area contributed by atoms with E-state index in [1.165, 1.54) is 4.90 Å². The van der Waals surface area contributed by atoms with E-state index in [0.29, 0.717) is 38.8 Å². The summed E-state index contributed by atoms with van der Waals surface area (Å²) in [5.41, 5.74) is 4.94. The van der Waals surface area contributed by atoms with Crippen LogP contribution in [0.15, 0.2) is 0 Å². The van der Waals surface area contributed by atoms with Crippen molar-refractivity contribution in [1.82, 2.24) is 4.90 Å². The number of hydrogen-bond donors (Lipinski definition) is 3. The second-order valence-electron chi connectivity index (χ2n) is 6.26. The molecule has 0 saturated carbocycles. The first-order valence-electron chi connectivity index (χ1n) is 9.13. The number of carbonyl (C=O) groups excluding carboxylic acids is 2. The summed E-state index contributed by atoms with van der Waals surface area (Å²) in [7, 11) is 0. The number of primary amides is 1. The third-order valence-electron chi connectivity index (χ3n) is 4.09. The number of nitrogens with zero attached hydrogens (tertiary/aromatic N) is 3. The quantitative estimate of drug-likeness (QED) is 0.367. The van der Waals surface area contributed by atoms with E-state index in [2.05, 4.69) is 12.1 Å². The van der Waals surface area contributed by atoms with Crippen LogP contribution in [0.4, 0.5) is 0 Å². The van der Waals surface area contributed by atoms with Gasteiger partial charge in [0.15, 0.2) is 12.2 Å². The third kappa shape index (κ3) is 10.7. The molecule has 8 heteroatoms. The van der Waals surface area contributed by atoms with Gasteiger partial charge in [-0.15, -0.1) is 0 Å². The molecule has 0 fully saturated rings. The molecule has 0 aromatic carbocycles. The van der Waals surface area contributed by atoms with Crippen molar-refractivity contribution >= 4 is 11.8 Å². The fourth-order valence-electron chi connectivity index (χ4n) is 2.53. The Kier molecular flexibility index (Phi) is 13.9. The van der Waals surface area contributed by atoms with E-state index in [-0.39, 0.29) is 0 Å².